The van der Waals surface area contributed by atoms with E-state index in [2.05, 4.69) is 10.4 Å². The Hall–Kier alpha value is -4.46. The molecule has 1 N–H and O–H groups in total. The van der Waals surface area contributed by atoms with Gasteiger partial charge in [0.1, 0.15) is 17.4 Å². The lowest BCUT2D eigenvalue weighted by atomic mass is 10.1. The number of aryl methyl sites for hydroxylation is 1. The van der Waals surface area contributed by atoms with Gasteiger partial charge in [-0.2, -0.15) is 5.10 Å². The number of halogens is 1. The van der Waals surface area contributed by atoms with E-state index in [1.165, 1.54) is 12.1 Å². The summed E-state index contributed by atoms with van der Waals surface area (Å²) in [6.45, 7) is 0.873. The zero-order valence-corrected chi connectivity index (χ0v) is 19.1. The van der Waals surface area contributed by atoms with Gasteiger partial charge in [0.15, 0.2) is 0 Å². The molecule has 0 atom stereocenters. The molecule has 5 rings (SSSR count). The lowest BCUT2D eigenvalue weighted by Gasteiger charge is -2.27. The van der Waals surface area contributed by atoms with E-state index in [9.17, 15) is 14.0 Å². The Balaban J connectivity index is 1.33. The fraction of sp³-hybridized carbons (Fsp3) is 0.148. The van der Waals surface area contributed by atoms with Crippen LogP contribution in [-0.2, 0) is 17.9 Å². The second-order valence-corrected chi connectivity index (χ2v) is 8.20. The van der Waals surface area contributed by atoms with E-state index >= 15 is 0 Å². The molecule has 176 valence electrons. The number of para-hydroxylation sites is 1. The standard InChI is InChI=1S/C27H23FN4O3/c1-35-21-12-10-19(11-13-21)24-16-25-31(26(33)14-15-32(25)30-24)17-18-6-8-20(9-7-18)27(34)29-23-5-3-2-4-22(23)28/h2-13,16H,14-15,17H2,1H3,(H,29,34). The number of hydrogen-bond acceptors (Lipinski definition) is 4. The molecule has 1 aliphatic heterocycles. The first-order chi connectivity index (χ1) is 17.0. The van der Waals surface area contributed by atoms with Crippen molar-refractivity contribution < 1.29 is 18.7 Å². The topological polar surface area (TPSA) is 76.5 Å². The van der Waals surface area contributed by atoms with Gasteiger partial charge in [-0.25, -0.2) is 9.07 Å². The molecule has 0 unspecified atom stereocenters. The zero-order valence-electron chi connectivity index (χ0n) is 19.1. The smallest absolute Gasteiger partial charge is 0.255 e. The fourth-order valence-electron chi connectivity index (χ4n) is 4.03. The number of nitrogens with one attached hydrogen (secondary N) is 1. The molecule has 35 heavy (non-hydrogen) atoms. The Kier molecular flexibility index (Phi) is 6.01. The minimum absolute atomic E-state index is 0.0139. The second-order valence-electron chi connectivity index (χ2n) is 8.20. The molecule has 3 aromatic carbocycles. The van der Waals surface area contributed by atoms with Crippen molar-refractivity contribution >= 4 is 23.3 Å². The highest BCUT2D eigenvalue weighted by Crippen LogP contribution is 2.30. The molecule has 4 aromatic rings. The van der Waals surface area contributed by atoms with Gasteiger partial charge >= 0.3 is 0 Å². The molecular weight excluding hydrogens is 447 g/mol. The number of carbonyl (C=O) groups is 2. The van der Waals surface area contributed by atoms with E-state index in [-0.39, 0.29) is 11.6 Å². The van der Waals surface area contributed by atoms with Gasteiger partial charge in [0.05, 0.1) is 31.6 Å². The lowest BCUT2D eigenvalue weighted by Crippen LogP contribution is -2.36. The number of aromatic nitrogens is 2. The maximum absolute atomic E-state index is 13.8. The van der Waals surface area contributed by atoms with E-state index in [0.29, 0.717) is 25.1 Å². The highest BCUT2D eigenvalue weighted by Gasteiger charge is 2.26. The van der Waals surface area contributed by atoms with Gasteiger partial charge in [0.25, 0.3) is 5.91 Å². The Morgan fingerprint density at radius 3 is 2.51 bits per heavy atom. The normalized spacial score (nSPS) is 12.9. The van der Waals surface area contributed by atoms with Crippen LogP contribution in [0.4, 0.5) is 15.9 Å². The van der Waals surface area contributed by atoms with Crippen LogP contribution in [0.25, 0.3) is 11.3 Å². The SMILES string of the molecule is COc1ccc(-c2cc3n(n2)CCC(=O)N3Cc2ccc(C(=O)Nc3ccccc3F)cc2)cc1. The summed E-state index contributed by atoms with van der Waals surface area (Å²) in [5.41, 5.74) is 3.10. The molecule has 1 aromatic heterocycles. The Labute approximate surface area is 201 Å². The summed E-state index contributed by atoms with van der Waals surface area (Å²) in [5.74, 6) is 0.610. The average Bonchev–Trinajstić information content (AvgIpc) is 3.32. The molecular formula is C27H23FN4O3. The Morgan fingerprint density at radius 1 is 1.06 bits per heavy atom. The molecule has 8 heteroatoms. The molecule has 0 spiro atoms. The third-order valence-electron chi connectivity index (χ3n) is 5.94. The highest BCUT2D eigenvalue weighted by atomic mass is 19.1. The first kappa shape index (κ1) is 22.3. The van der Waals surface area contributed by atoms with Gasteiger partial charge in [-0.3, -0.25) is 14.5 Å². The second kappa shape index (κ2) is 9.42. The van der Waals surface area contributed by atoms with Crippen LogP contribution >= 0.6 is 0 Å². The van der Waals surface area contributed by atoms with Crippen molar-refractivity contribution in [2.45, 2.75) is 19.5 Å². The highest BCUT2D eigenvalue weighted by molar-refractivity contribution is 6.04. The molecule has 0 fully saturated rings. The fourth-order valence-corrected chi connectivity index (χ4v) is 4.03. The van der Waals surface area contributed by atoms with Gasteiger partial charge in [-0.1, -0.05) is 24.3 Å². The molecule has 0 bridgehead atoms. The Morgan fingerprint density at radius 2 is 1.80 bits per heavy atom. The van der Waals surface area contributed by atoms with E-state index in [1.807, 2.05) is 35.0 Å². The number of anilines is 2. The number of amides is 2. The largest absolute Gasteiger partial charge is 0.497 e. The van der Waals surface area contributed by atoms with Crippen molar-refractivity contribution in [2.75, 3.05) is 17.3 Å². The van der Waals surface area contributed by atoms with Crippen LogP contribution in [0.15, 0.2) is 78.9 Å². The van der Waals surface area contributed by atoms with E-state index < -0.39 is 11.7 Å². The van der Waals surface area contributed by atoms with Gasteiger partial charge in [0, 0.05) is 23.6 Å². The monoisotopic (exact) mass is 470 g/mol. The van der Waals surface area contributed by atoms with Crippen molar-refractivity contribution in [1.82, 2.24) is 9.78 Å². The van der Waals surface area contributed by atoms with Gasteiger partial charge < -0.3 is 10.1 Å². The quantitative estimate of drug-likeness (QED) is 0.436. The molecule has 7 nitrogen and oxygen atoms in total. The number of methoxy groups -OCH3 is 1. The zero-order chi connectivity index (χ0) is 24.4. The van der Waals surface area contributed by atoms with Crippen LogP contribution in [0.5, 0.6) is 5.75 Å². The number of carbonyl (C=O) groups excluding carboxylic acids is 2. The summed E-state index contributed by atoms with van der Waals surface area (Å²) in [5, 5.41) is 7.26. The summed E-state index contributed by atoms with van der Waals surface area (Å²) in [6.07, 6.45) is 0.361. The van der Waals surface area contributed by atoms with Crippen LogP contribution in [0, 0.1) is 5.82 Å². The number of ether oxygens (including phenoxy) is 1. The van der Waals surface area contributed by atoms with Crippen molar-refractivity contribution in [3.8, 4) is 17.0 Å². The molecule has 0 radical (unpaired) electrons. The Bertz CT molecular complexity index is 1380. The number of benzene rings is 3. The number of rotatable bonds is 6. The lowest BCUT2D eigenvalue weighted by molar-refractivity contribution is -0.119. The van der Waals surface area contributed by atoms with Gasteiger partial charge in [0.2, 0.25) is 5.91 Å². The summed E-state index contributed by atoms with van der Waals surface area (Å²) in [6, 6.07) is 22.5. The number of hydrogen-bond donors (Lipinski definition) is 1. The molecule has 0 saturated heterocycles. The predicted molar refractivity (Wildman–Crippen MR) is 131 cm³/mol. The van der Waals surface area contributed by atoms with E-state index in [0.717, 1.165) is 28.4 Å². The molecule has 2 heterocycles. The number of nitrogens with zero attached hydrogens (tertiary/aromatic N) is 3. The first-order valence-corrected chi connectivity index (χ1v) is 11.2. The van der Waals surface area contributed by atoms with Gasteiger partial charge in [-0.05, 0) is 54.1 Å². The van der Waals surface area contributed by atoms with Crippen molar-refractivity contribution in [1.29, 1.82) is 0 Å². The maximum Gasteiger partial charge on any atom is 0.255 e. The minimum Gasteiger partial charge on any atom is -0.497 e. The first-order valence-electron chi connectivity index (χ1n) is 11.2. The van der Waals surface area contributed by atoms with Crippen LogP contribution < -0.4 is 15.0 Å². The van der Waals surface area contributed by atoms with Crippen molar-refractivity contribution in [3.63, 3.8) is 0 Å². The van der Waals surface area contributed by atoms with Crippen LogP contribution in [-0.4, -0.2) is 28.7 Å². The van der Waals surface area contributed by atoms with E-state index in [4.69, 9.17) is 4.74 Å². The predicted octanol–water partition coefficient (Wildman–Crippen LogP) is 4.89. The van der Waals surface area contributed by atoms with Crippen molar-refractivity contribution in [3.05, 3.63) is 95.8 Å². The third-order valence-corrected chi connectivity index (χ3v) is 5.94. The summed E-state index contributed by atoms with van der Waals surface area (Å²) < 4.78 is 20.9. The van der Waals surface area contributed by atoms with E-state index in [1.54, 1.807) is 48.4 Å². The van der Waals surface area contributed by atoms with Gasteiger partial charge in [-0.15, -0.1) is 0 Å². The molecule has 1 aliphatic rings. The number of fused-ring (bicyclic) bond motifs is 1. The van der Waals surface area contributed by atoms with Crippen LogP contribution in [0.3, 0.4) is 0 Å². The molecule has 0 aliphatic carbocycles. The van der Waals surface area contributed by atoms with Crippen molar-refractivity contribution in [2.24, 2.45) is 0 Å². The molecule has 2 amide bonds. The average molecular weight is 471 g/mol. The summed E-state index contributed by atoms with van der Waals surface area (Å²) in [4.78, 5) is 27.0. The van der Waals surface area contributed by atoms with Crippen LogP contribution in [0.1, 0.15) is 22.3 Å². The maximum atomic E-state index is 13.8. The third kappa shape index (κ3) is 4.63. The summed E-state index contributed by atoms with van der Waals surface area (Å²) >= 11 is 0. The van der Waals surface area contributed by atoms with Crippen LogP contribution in [0.2, 0.25) is 0 Å². The minimum atomic E-state index is -0.494. The summed E-state index contributed by atoms with van der Waals surface area (Å²) in [7, 11) is 1.62. The molecule has 0 saturated carbocycles.